The number of rotatable bonds is 6. The predicted octanol–water partition coefficient (Wildman–Crippen LogP) is 1.90. The number of aliphatic carboxylic acids is 1. The van der Waals surface area contributed by atoms with E-state index in [9.17, 15) is 19.5 Å². The second kappa shape index (κ2) is 6.81. The van der Waals surface area contributed by atoms with Crippen molar-refractivity contribution in [3.05, 3.63) is 29.8 Å². The van der Waals surface area contributed by atoms with Crippen LogP contribution in [0.5, 0.6) is 0 Å². The van der Waals surface area contributed by atoms with Crippen molar-refractivity contribution in [1.29, 1.82) is 0 Å². The minimum Gasteiger partial charge on any atom is -0.481 e. The van der Waals surface area contributed by atoms with Gasteiger partial charge in [-0.05, 0) is 30.5 Å². The summed E-state index contributed by atoms with van der Waals surface area (Å²) in [5.41, 5.74) is 0.584. The Morgan fingerprint density at radius 1 is 1.17 bits per heavy atom. The van der Waals surface area contributed by atoms with Gasteiger partial charge >= 0.3 is 5.97 Å². The van der Waals surface area contributed by atoms with Gasteiger partial charge < -0.3 is 15.3 Å². The van der Waals surface area contributed by atoms with Crippen molar-refractivity contribution in [3.8, 4) is 0 Å². The molecule has 1 aliphatic carbocycles. The first kappa shape index (κ1) is 17.0. The Morgan fingerprint density at radius 2 is 1.78 bits per heavy atom. The summed E-state index contributed by atoms with van der Waals surface area (Å²) in [6, 6.07) is 7.02. The summed E-state index contributed by atoms with van der Waals surface area (Å²) in [5.74, 6) is -1.17. The van der Waals surface area contributed by atoms with Crippen molar-refractivity contribution in [2.24, 2.45) is 5.41 Å². The molecule has 124 valence electrons. The molecule has 0 saturated heterocycles. The number of amides is 2. The van der Waals surface area contributed by atoms with E-state index in [1.807, 2.05) is 0 Å². The van der Waals surface area contributed by atoms with Gasteiger partial charge in [0.15, 0.2) is 0 Å². The monoisotopic (exact) mass is 318 g/mol. The van der Waals surface area contributed by atoms with Crippen LogP contribution in [0.1, 0.15) is 31.2 Å². The molecule has 0 bridgehead atoms. The molecule has 0 radical (unpaired) electrons. The van der Waals surface area contributed by atoms with Gasteiger partial charge in [0.2, 0.25) is 11.8 Å². The zero-order chi connectivity index (χ0) is 17.0. The first-order valence-electron chi connectivity index (χ1n) is 7.65. The molecule has 6 heteroatoms. The molecule has 0 spiro atoms. The molecule has 1 aromatic rings. The van der Waals surface area contributed by atoms with E-state index in [0.717, 1.165) is 12.0 Å². The Kier molecular flexibility index (Phi) is 5.03. The van der Waals surface area contributed by atoms with Crippen LogP contribution in [0.25, 0.3) is 0 Å². The lowest BCUT2D eigenvalue weighted by molar-refractivity contribution is -0.157. The van der Waals surface area contributed by atoms with Crippen LogP contribution in [0.4, 0.5) is 5.69 Å². The van der Waals surface area contributed by atoms with Crippen molar-refractivity contribution in [1.82, 2.24) is 4.90 Å². The quantitative estimate of drug-likeness (QED) is 0.838. The van der Waals surface area contributed by atoms with E-state index >= 15 is 0 Å². The van der Waals surface area contributed by atoms with Gasteiger partial charge in [0, 0.05) is 26.2 Å². The highest BCUT2D eigenvalue weighted by Crippen LogP contribution is 2.44. The van der Waals surface area contributed by atoms with Crippen LogP contribution in [0.3, 0.4) is 0 Å². The zero-order valence-corrected chi connectivity index (χ0v) is 13.5. The molecule has 1 fully saturated rings. The van der Waals surface area contributed by atoms with Gasteiger partial charge in [0.25, 0.3) is 0 Å². The van der Waals surface area contributed by atoms with Gasteiger partial charge in [-0.1, -0.05) is 18.6 Å². The molecule has 0 aromatic heterocycles. The number of anilines is 1. The lowest BCUT2D eigenvalue weighted by atomic mass is 9.66. The Hall–Kier alpha value is -2.37. The largest absolute Gasteiger partial charge is 0.481 e. The highest BCUT2D eigenvalue weighted by molar-refractivity contribution is 5.94. The summed E-state index contributed by atoms with van der Waals surface area (Å²) in [7, 11) is 3.41. The molecule has 0 aliphatic heterocycles. The summed E-state index contributed by atoms with van der Waals surface area (Å²) < 4.78 is 0. The lowest BCUT2D eigenvalue weighted by Crippen LogP contribution is -2.41. The molecular weight excluding hydrogens is 296 g/mol. The van der Waals surface area contributed by atoms with Gasteiger partial charge in [0.1, 0.15) is 0 Å². The third-order valence-electron chi connectivity index (χ3n) is 4.36. The highest BCUT2D eigenvalue weighted by Gasteiger charge is 2.45. The number of nitrogens with zero attached hydrogens (tertiary/aromatic N) is 1. The molecule has 6 nitrogen and oxygen atoms in total. The van der Waals surface area contributed by atoms with E-state index < -0.39 is 11.4 Å². The fourth-order valence-corrected chi connectivity index (χ4v) is 2.62. The number of hydrogen-bond donors (Lipinski definition) is 2. The minimum atomic E-state index is -0.892. The molecule has 1 aromatic carbocycles. The van der Waals surface area contributed by atoms with Crippen LogP contribution < -0.4 is 5.32 Å². The van der Waals surface area contributed by atoms with Gasteiger partial charge in [-0.2, -0.15) is 0 Å². The number of likely N-dealkylation sites (N-methyl/N-ethyl adjacent to an activating group) is 1. The molecule has 2 rings (SSSR count). The molecule has 1 aliphatic rings. The van der Waals surface area contributed by atoms with Crippen molar-refractivity contribution in [2.45, 2.75) is 32.1 Å². The first-order chi connectivity index (χ1) is 10.8. The maximum absolute atomic E-state index is 12.0. The van der Waals surface area contributed by atoms with Crippen molar-refractivity contribution in [3.63, 3.8) is 0 Å². The molecule has 2 amide bonds. The van der Waals surface area contributed by atoms with Crippen LogP contribution in [-0.4, -0.2) is 41.9 Å². The Labute approximate surface area is 135 Å². The summed E-state index contributed by atoms with van der Waals surface area (Å²) in [5, 5.41) is 12.0. The first-order valence-corrected chi connectivity index (χ1v) is 7.65. The minimum absolute atomic E-state index is 0.00317. The smallest absolute Gasteiger partial charge is 0.310 e. The van der Waals surface area contributed by atoms with Gasteiger partial charge in [-0.25, -0.2) is 0 Å². The summed E-state index contributed by atoms with van der Waals surface area (Å²) in [6.45, 7) is 0. The summed E-state index contributed by atoms with van der Waals surface area (Å²) in [6.07, 6.45) is 2.28. The molecule has 0 atom stereocenters. The fraction of sp³-hybridized carbons (Fsp3) is 0.471. The van der Waals surface area contributed by atoms with Gasteiger partial charge in [-0.15, -0.1) is 0 Å². The van der Waals surface area contributed by atoms with E-state index in [4.69, 9.17) is 0 Å². The van der Waals surface area contributed by atoms with E-state index in [1.54, 1.807) is 38.4 Å². The summed E-state index contributed by atoms with van der Waals surface area (Å²) >= 11 is 0. The van der Waals surface area contributed by atoms with E-state index in [1.165, 1.54) is 4.90 Å². The Balaban J connectivity index is 1.92. The number of carbonyl (C=O) groups excluding carboxylic acids is 2. The van der Waals surface area contributed by atoms with Crippen molar-refractivity contribution >= 4 is 23.5 Å². The average molecular weight is 318 g/mol. The molecule has 1 saturated carbocycles. The third-order valence-corrected chi connectivity index (χ3v) is 4.36. The highest BCUT2D eigenvalue weighted by atomic mass is 16.4. The van der Waals surface area contributed by atoms with Crippen LogP contribution >= 0.6 is 0 Å². The molecule has 0 heterocycles. The summed E-state index contributed by atoms with van der Waals surface area (Å²) in [4.78, 5) is 36.5. The standard InChI is InChI=1S/C17H22N2O4/c1-19(2)15(21)10-12-4-6-13(7-5-12)18-14(20)11-17(16(22)23)8-3-9-17/h4-7H,3,8-11H2,1-2H3,(H,18,20)(H,22,23). The maximum Gasteiger partial charge on any atom is 0.310 e. The second-order valence-electron chi connectivity index (χ2n) is 6.33. The van der Waals surface area contributed by atoms with Gasteiger partial charge in [0.05, 0.1) is 11.8 Å². The molecule has 23 heavy (non-hydrogen) atoms. The lowest BCUT2D eigenvalue weighted by Gasteiger charge is -2.36. The molecular formula is C17H22N2O4. The number of hydrogen-bond acceptors (Lipinski definition) is 3. The predicted molar refractivity (Wildman–Crippen MR) is 86.0 cm³/mol. The topological polar surface area (TPSA) is 86.7 Å². The van der Waals surface area contributed by atoms with E-state index in [0.29, 0.717) is 24.9 Å². The number of carboxylic acids is 1. The fourth-order valence-electron chi connectivity index (χ4n) is 2.62. The van der Waals surface area contributed by atoms with Crippen LogP contribution in [0.2, 0.25) is 0 Å². The van der Waals surface area contributed by atoms with Crippen LogP contribution in [-0.2, 0) is 20.8 Å². The number of benzene rings is 1. The number of nitrogens with one attached hydrogen (secondary N) is 1. The normalized spacial score (nSPS) is 15.4. The number of carboxylic acid groups (broad SMARTS) is 1. The Bertz CT molecular complexity index is 604. The van der Waals surface area contributed by atoms with Gasteiger partial charge in [-0.3, -0.25) is 14.4 Å². The Morgan fingerprint density at radius 3 is 2.22 bits per heavy atom. The maximum atomic E-state index is 12.0. The second-order valence-corrected chi connectivity index (χ2v) is 6.33. The van der Waals surface area contributed by atoms with E-state index in [2.05, 4.69) is 5.32 Å². The number of carbonyl (C=O) groups is 3. The average Bonchev–Trinajstić information content (AvgIpc) is 2.44. The molecule has 0 unspecified atom stereocenters. The zero-order valence-electron chi connectivity index (χ0n) is 13.5. The van der Waals surface area contributed by atoms with E-state index in [-0.39, 0.29) is 18.2 Å². The van der Waals surface area contributed by atoms with Crippen LogP contribution in [0, 0.1) is 5.41 Å². The van der Waals surface area contributed by atoms with Crippen molar-refractivity contribution in [2.75, 3.05) is 19.4 Å². The third kappa shape index (κ3) is 4.09. The molecule has 2 N–H and O–H groups in total. The van der Waals surface area contributed by atoms with Crippen LogP contribution in [0.15, 0.2) is 24.3 Å². The van der Waals surface area contributed by atoms with Crippen molar-refractivity contribution < 1.29 is 19.5 Å². The SMILES string of the molecule is CN(C)C(=O)Cc1ccc(NC(=O)CC2(C(=O)O)CCC2)cc1.